The van der Waals surface area contributed by atoms with Crippen LogP contribution in [0.25, 0.3) is 0 Å². The van der Waals surface area contributed by atoms with Crippen molar-refractivity contribution in [3.63, 3.8) is 0 Å². The van der Waals surface area contributed by atoms with E-state index in [2.05, 4.69) is 15.8 Å². The van der Waals surface area contributed by atoms with Crippen molar-refractivity contribution in [1.82, 2.24) is 5.43 Å². The van der Waals surface area contributed by atoms with Crippen molar-refractivity contribution in [2.45, 2.75) is 6.18 Å². The molecule has 0 saturated carbocycles. The summed E-state index contributed by atoms with van der Waals surface area (Å²) in [6.07, 6.45) is -2.97. The molecule has 4 nitrogen and oxygen atoms in total. The van der Waals surface area contributed by atoms with Gasteiger partial charge in [-0.3, -0.25) is 5.43 Å². The summed E-state index contributed by atoms with van der Waals surface area (Å²) in [5.74, 6) is 0.722. The summed E-state index contributed by atoms with van der Waals surface area (Å²) < 4.78 is 42.4. The van der Waals surface area contributed by atoms with Crippen LogP contribution in [-0.2, 0) is 6.18 Å². The van der Waals surface area contributed by atoms with Crippen LogP contribution >= 0.6 is 12.2 Å². The van der Waals surface area contributed by atoms with E-state index in [9.17, 15) is 13.2 Å². The Morgan fingerprint density at radius 1 is 1.08 bits per heavy atom. The third-order valence-electron chi connectivity index (χ3n) is 2.97. The van der Waals surface area contributed by atoms with Gasteiger partial charge >= 0.3 is 6.18 Å². The first-order chi connectivity index (χ1) is 11.4. The maximum Gasteiger partial charge on any atom is 0.416 e. The molecule has 24 heavy (non-hydrogen) atoms. The van der Waals surface area contributed by atoms with Crippen LogP contribution in [0.3, 0.4) is 0 Å². The molecule has 2 N–H and O–H groups in total. The number of anilines is 1. The molecule has 0 aliphatic rings. The number of hydrogen-bond acceptors (Lipinski definition) is 3. The fourth-order valence-corrected chi connectivity index (χ4v) is 1.93. The molecule has 0 amide bonds. The molecule has 0 spiro atoms. The average molecular weight is 353 g/mol. The molecule has 0 unspecified atom stereocenters. The van der Waals surface area contributed by atoms with Crippen molar-refractivity contribution in [1.29, 1.82) is 0 Å². The molecule has 0 heterocycles. The highest BCUT2D eigenvalue weighted by atomic mass is 32.1. The second-order valence-electron chi connectivity index (χ2n) is 4.67. The molecule has 0 fully saturated rings. The van der Waals surface area contributed by atoms with Crippen molar-refractivity contribution in [3.05, 3.63) is 59.7 Å². The Kier molecular flexibility index (Phi) is 5.75. The highest BCUT2D eigenvalue weighted by molar-refractivity contribution is 7.80. The normalized spacial score (nSPS) is 11.3. The number of halogens is 3. The van der Waals surface area contributed by atoms with Gasteiger partial charge in [-0.15, -0.1) is 0 Å². The third kappa shape index (κ3) is 5.24. The zero-order valence-corrected chi connectivity index (χ0v) is 13.4. The lowest BCUT2D eigenvalue weighted by Gasteiger charge is -2.08. The molecule has 8 heteroatoms. The van der Waals surface area contributed by atoms with Gasteiger partial charge < -0.3 is 10.1 Å². The molecule has 2 aromatic carbocycles. The first-order valence-corrected chi connectivity index (χ1v) is 7.20. The van der Waals surface area contributed by atoms with E-state index in [0.29, 0.717) is 5.56 Å². The van der Waals surface area contributed by atoms with E-state index in [0.717, 1.165) is 23.6 Å². The summed E-state index contributed by atoms with van der Waals surface area (Å²) >= 11 is 5.07. The molecule has 2 rings (SSSR count). The smallest absolute Gasteiger partial charge is 0.416 e. The molecule has 0 aromatic heterocycles. The topological polar surface area (TPSA) is 45.6 Å². The number of rotatable bonds is 4. The van der Waals surface area contributed by atoms with Gasteiger partial charge in [-0.25, -0.2) is 0 Å². The summed E-state index contributed by atoms with van der Waals surface area (Å²) in [4.78, 5) is 0. The number of hydrazone groups is 1. The second-order valence-corrected chi connectivity index (χ2v) is 5.08. The number of thiocarbonyl (C=S) groups is 1. The highest BCUT2D eigenvalue weighted by Crippen LogP contribution is 2.28. The summed E-state index contributed by atoms with van der Waals surface area (Å²) in [5.41, 5.74) is 3.15. The van der Waals surface area contributed by atoms with E-state index in [1.165, 1.54) is 18.3 Å². The number of nitrogens with one attached hydrogen (secondary N) is 2. The van der Waals surface area contributed by atoms with Crippen molar-refractivity contribution >= 4 is 29.2 Å². The van der Waals surface area contributed by atoms with Crippen LogP contribution in [0.15, 0.2) is 53.6 Å². The molecule has 0 saturated heterocycles. The number of alkyl halides is 3. The lowest BCUT2D eigenvalue weighted by Crippen LogP contribution is -2.23. The third-order valence-corrected chi connectivity index (χ3v) is 3.16. The maximum absolute atomic E-state index is 12.5. The van der Waals surface area contributed by atoms with Crippen LogP contribution in [0.1, 0.15) is 11.1 Å². The average Bonchev–Trinajstić information content (AvgIpc) is 2.55. The first kappa shape index (κ1) is 17.7. The van der Waals surface area contributed by atoms with Gasteiger partial charge in [-0.1, -0.05) is 12.1 Å². The Morgan fingerprint density at radius 3 is 2.25 bits per heavy atom. The molecule has 2 aromatic rings. The number of methoxy groups -OCH3 is 1. The van der Waals surface area contributed by atoms with E-state index >= 15 is 0 Å². The quantitative estimate of drug-likeness (QED) is 0.495. The second kappa shape index (κ2) is 7.78. The van der Waals surface area contributed by atoms with Crippen LogP contribution in [0.5, 0.6) is 5.75 Å². The van der Waals surface area contributed by atoms with E-state index in [-0.39, 0.29) is 5.11 Å². The van der Waals surface area contributed by atoms with E-state index in [4.69, 9.17) is 17.0 Å². The van der Waals surface area contributed by atoms with Crippen molar-refractivity contribution in [3.8, 4) is 5.75 Å². The number of benzene rings is 2. The van der Waals surface area contributed by atoms with Crippen LogP contribution in [0.4, 0.5) is 18.9 Å². The Bertz CT molecular complexity index is 713. The molecular weight excluding hydrogens is 339 g/mol. The zero-order valence-electron chi connectivity index (χ0n) is 12.6. The van der Waals surface area contributed by atoms with Crippen molar-refractivity contribution in [2.75, 3.05) is 12.4 Å². The number of nitrogens with zero attached hydrogens (tertiary/aromatic N) is 1. The highest BCUT2D eigenvalue weighted by Gasteiger charge is 2.29. The van der Waals surface area contributed by atoms with Gasteiger partial charge in [0.05, 0.1) is 18.9 Å². The molecule has 0 atom stereocenters. The minimum Gasteiger partial charge on any atom is -0.497 e. The fraction of sp³-hybridized carbons (Fsp3) is 0.125. The maximum atomic E-state index is 12.5. The van der Waals surface area contributed by atoms with Crippen molar-refractivity contribution < 1.29 is 17.9 Å². The Balaban J connectivity index is 1.87. The van der Waals surface area contributed by atoms with Gasteiger partial charge in [0.15, 0.2) is 5.11 Å². The SMILES string of the molecule is COc1ccc(NC(=S)N/N=C/c2ccc(C(F)(F)F)cc2)cc1. The van der Waals surface area contributed by atoms with Gasteiger partial charge in [-0.05, 0) is 54.2 Å². The number of hydrogen-bond donors (Lipinski definition) is 2. The summed E-state index contributed by atoms with van der Waals surface area (Å²) in [5, 5.41) is 7.04. The minimum atomic E-state index is -4.35. The van der Waals surface area contributed by atoms with Crippen LogP contribution in [-0.4, -0.2) is 18.4 Å². The van der Waals surface area contributed by atoms with E-state index < -0.39 is 11.7 Å². The van der Waals surface area contributed by atoms with Crippen LogP contribution in [0, 0.1) is 0 Å². The zero-order chi connectivity index (χ0) is 17.6. The Labute approximate surface area is 142 Å². The van der Waals surface area contributed by atoms with E-state index in [1.807, 2.05) is 0 Å². The standard InChI is InChI=1S/C16H14F3N3OS/c1-23-14-8-6-13(7-9-14)21-15(24)22-20-10-11-2-4-12(5-3-11)16(17,18)19/h2-10H,1H3,(H2,21,22,24)/b20-10+. The lowest BCUT2D eigenvalue weighted by molar-refractivity contribution is -0.137. The Morgan fingerprint density at radius 2 is 1.71 bits per heavy atom. The predicted molar refractivity (Wildman–Crippen MR) is 91.4 cm³/mol. The summed E-state index contributed by atoms with van der Waals surface area (Å²) in [6, 6.07) is 11.8. The summed E-state index contributed by atoms with van der Waals surface area (Å²) in [7, 11) is 1.57. The largest absolute Gasteiger partial charge is 0.497 e. The molecule has 0 radical (unpaired) electrons. The van der Waals surface area contributed by atoms with Crippen LogP contribution < -0.4 is 15.5 Å². The van der Waals surface area contributed by atoms with Crippen molar-refractivity contribution in [2.24, 2.45) is 5.10 Å². The van der Waals surface area contributed by atoms with Gasteiger partial charge in [0.25, 0.3) is 0 Å². The van der Waals surface area contributed by atoms with Crippen LogP contribution in [0.2, 0.25) is 0 Å². The molecular formula is C16H14F3N3OS. The monoisotopic (exact) mass is 353 g/mol. The predicted octanol–water partition coefficient (Wildman–Crippen LogP) is 4.03. The molecule has 126 valence electrons. The molecule has 0 aliphatic heterocycles. The van der Waals surface area contributed by atoms with Gasteiger partial charge in [0, 0.05) is 5.69 Å². The summed E-state index contributed by atoms with van der Waals surface area (Å²) in [6.45, 7) is 0. The Hall–Kier alpha value is -2.61. The van der Waals surface area contributed by atoms with Gasteiger partial charge in [-0.2, -0.15) is 18.3 Å². The first-order valence-electron chi connectivity index (χ1n) is 6.80. The van der Waals surface area contributed by atoms with Gasteiger partial charge in [0.2, 0.25) is 0 Å². The number of ether oxygens (including phenoxy) is 1. The van der Waals surface area contributed by atoms with Gasteiger partial charge in [0.1, 0.15) is 5.75 Å². The minimum absolute atomic E-state index is 0.253. The lowest BCUT2D eigenvalue weighted by atomic mass is 10.1. The fourth-order valence-electron chi connectivity index (χ4n) is 1.76. The van der Waals surface area contributed by atoms with E-state index in [1.54, 1.807) is 31.4 Å². The molecule has 0 aliphatic carbocycles. The molecule has 0 bridgehead atoms.